The molecule has 1 spiro atoms. The van der Waals surface area contributed by atoms with Crippen molar-refractivity contribution in [3.63, 3.8) is 0 Å². The van der Waals surface area contributed by atoms with Gasteiger partial charge in [0.15, 0.2) is 5.78 Å². The van der Waals surface area contributed by atoms with E-state index in [0.717, 1.165) is 22.3 Å². The van der Waals surface area contributed by atoms with E-state index in [9.17, 15) is 9.59 Å². The Bertz CT molecular complexity index is 1730. The van der Waals surface area contributed by atoms with E-state index in [4.69, 9.17) is 4.74 Å². The fourth-order valence-electron chi connectivity index (χ4n) is 5.75. The number of nitrogens with one attached hydrogen (secondary N) is 1. The van der Waals surface area contributed by atoms with Crippen LogP contribution in [0.4, 0.5) is 0 Å². The maximum absolute atomic E-state index is 13.8. The van der Waals surface area contributed by atoms with Crippen molar-refractivity contribution in [1.29, 1.82) is 0 Å². The first kappa shape index (κ1) is 24.8. The van der Waals surface area contributed by atoms with Gasteiger partial charge in [0.25, 0.3) is 5.91 Å². The number of likely N-dealkylation sites (tertiary alicyclic amines) is 1. The Morgan fingerprint density at radius 2 is 1.66 bits per heavy atom. The molecule has 0 aliphatic carbocycles. The Morgan fingerprint density at radius 3 is 2.41 bits per heavy atom. The number of amides is 1. The van der Waals surface area contributed by atoms with Crippen molar-refractivity contribution >= 4 is 11.7 Å². The van der Waals surface area contributed by atoms with Crippen LogP contribution in [-0.4, -0.2) is 60.9 Å². The largest absolute Gasteiger partial charge is 0.486 e. The topological polar surface area (TPSA) is 114 Å². The molecular weight excluding hydrogens is 516 g/mol. The number of piperidine rings is 1. The standard InChI is InChI=1S/C32H26N6O3/c39-28-19-32(41-29-9-8-22(18-27(28)29)23-7-4-12-33-20-23)10-13-38(14-11-32)31(40)26-16-24(21-5-2-1-3-6-21)15-25(17-26)30-34-36-37-35-30/h1-9,12,15-18,20H,10-11,13-14,19H2,(H,34,35,36,37). The molecule has 9 heteroatoms. The quantitative estimate of drug-likeness (QED) is 0.331. The molecule has 1 fully saturated rings. The monoisotopic (exact) mass is 542 g/mol. The smallest absolute Gasteiger partial charge is 0.253 e. The number of rotatable bonds is 4. The van der Waals surface area contributed by atoms with Gasteiger partial charge in [-0.3, -0.25) is 14.6 Å². The van der Waals surface area contributed by atoms with Crippen molar-refractivity contribution < 1.29 is 14.3 Å². The molecule has 0 saturated carbocycles. The Kier molecular flexibility index (Phi) is 6.11. The minimum absolute atomic E-state index is 0.0667. The number of aromatic nitrogens is 5. The zero-order valence-electron chi connectivity index (χ0n) is 22.2. The van der Waals surface area contributed by atoms with Gasteiger partial charge in [0.05, 0.1) is 12.0 Å². The maximum atomic E-state index is 13.8. The summed E-state index contributed by atoms with van der Waals surface area (Å²) in [6.07, 6.45) is 4.95. The number of aromatic amines is 1. The van der Waals surface area contributed by atoms with Crippen LogP contribution in [0.1, 0.15) is 40.0 Å². The number of benzene rings is 3. The van der Waals surface area contributed by atoms with Gasteiger partial charge in [-0.15, -0.1) is 10.2 Å². The fraction of sp³-hybridized carbons (Fsp3) is 0.188. The predicted molar refractivity (Wildman–Crippen MR) is 152 cm³/mol. The van der Waals surface area contributed by atoms with Crippen LogP contribution >= 0.6 is 0 Å². The van der Waals surface area contributed by atoms with Crippen molar-refractivity contribution in [3.05, 3.63) is 102 Å². The lowest BCUT2D eigenvalue weighted by Crippen LogP contribution is -2.52. The summed E-state index contributed by atoms with van der Waals surface area (Å²) < 4.78 is 6.50. The third-order valence-corrected chi connectivity index (χ3v) is 7.94. The third kappa shape index (κ3) is 4.75. The molecule has 0 radical (unpaired) electrons. The highest BCUT2D eigenvalue weighted by atomic mass is 16.5. The maximum Gasteiger partial charge on any atom is 0.253 e. The average molecular weight is 543 g/mol. The van der Waals surface area contributed by atoms with Crippen molar-refractivity contribution in [2.75, 3.05) is 13.1 Å². The number of Topliss-reactive ketones (excluding diaryl/α,β-unsaturated/α-hetero) is 1. The zero-order chi connectivity index (χ0) is 27.8. The van der Waals surface area contributed by atoms with E-state index in [-0.39, 0.29) is 11.7 Å². The second kappa shape index (κ2) is 10.1. The molecule has 4 heterocycles. The van der Waals surface area contributed by atoms with Crippen molar-refractivity contribution in [2.45, 2.75) is 24.9 Å². The van der Waals surface area contributed by atoms with Gasteiger partial charge in [-0.25, -0.2) is 0 Å². The number of carbonyl (C=O) groups excluding carboxylic acids is 2. The lowest BCUT2D eigenvalue weighted by molar-refractivity contribution is -0.00569. The Labute approximate surface area is 236 Å². The Morgan fingerprint density at radius 1 is 0.854 bits per heavy atom. The molecule has 1 N–H and O–H groups in total. The molecule has 2 aliphatic heterocycles. The summed E-state index contributed by atoms with van der Waals surface area (Å²) in [7, 11) is 0. The molecule has 0 atom stereocenters. The van der Waals surface area contributed by atoms with Crippen molar-refractivity contribution in [1.82, 2.24) is 30.5 Å². The normalized spacial score (nSPS) is 15.8. The van der Waals surface area contributed by atoms with E-state index in [0.29, 0.717) is 60.6 Å². The van der Waals surface area contributed by atoms with Crippen LogP contribution < -0.4 is 4.74 Å². The first-order valence-corrected chi connectivity index (χ1v) is 13.6. The molecule has 3 aromatic carbocycles. The van der Waals surface area contributed by atoms with Crippen LogP contribution in [0.3, 0.4) is 0 Å². The van der Waals surface area contributed by atoms with Gasteiger partial charge in [-0.2, -0.15) is 5.21 Å². The van der Waals surface area contributed by atoms with E-state index in [1.54, 1.807) is 18.5 Å². The van der Waals surface area contributed by atoms with Crippen LogP contribution in [0.25, 0.3) is 33.6 Å². The van der Waals surface area contributed by atoms with Crippen LogP contribution in [0.2, 0.25) is 0 Å². The van der Waals surface area contributed by atoms with E-state index in [1.165, 1.54) is 0 Å². The Hall–Kier alpha value is -5.18. The lowest BCUT2D eigenvalue weighted by Gasteiger charge is -2.44. The van der Waals surface area contributed by atoms with Gasteiger partial charge in [0.1, 0.15) is 11.4 Å². The minimum atomic E-state index is -0.613. The molecule has 2 aliphatic rings. The zero-order valence-corrected chi connectivity index (χ0v) is 22.2. The average Bonchev–Trinajstić information content (AvgIpc) is 3.57. The van der Waals surface area contributed by atoms with Crippen molar-refractivity contribution in [3.8, 4) is 39.4 Å². The van der Waals surface area contributed by atoms with E-state index >= 15 is 0 Å². The number of ketones is 1. The van der Waals surface area contributed by atoms with Crippen molar-refractivity contribution in [2.24, 2.45) is 0 Å². The summed E-state index contributed by atoms with van der Waals surface area (Å²) in [5.74, 6) is 1.02. The second-order valence-corrected chi connectivity index (χ2v) is 10.5. The number of carbonyl (C=O) groups is 2. The van der Waals surface area contributed by atoms with Gasteiger partial charge < -0.3 is 9.64 Å². The van der Waals surface area contributed by atoms with E-state index < -0.39 is 5.60 Å². The highest BCUT2D eigenvalue weighted by Gasteiger charge is 2.44. The number of H-pyrrole nitrogens is 1. The second-order valence-electron chi connectivity index (χ2n) is 10.5. The van der Waals surface area contributed by atoms with Gasteiger partial charge >= 0.3 is 0 Å². The van der Waals surface area contributed by atoms with Crippen LogP contribution in [0.5, 0.6) is 5.75 Å². The number of nitrogens with zero attached hydrogens (tertiary/aromatic N) is 5. The first-order chi connectivity index (χ1) is 20.1. The van der Waals surface area contributed by atoms with Gasteiger partial charge in [0, 0.05) is 55.0 Å². The minimum Gasteiger partial charge on any atom is -0.486 e. The molecule has 2 aromatic heterocycles. The summed E-state index contributed by atoms with van der Waals surface area (Å²) in [5.41, 5.74) is 5.02. The molecule has 202 valence electrons. The molecule has 41 heavy (non-hydrogen) atoms. The Balaban J connectivity index is 1.11. The summed E-state index contributed by atoms with van der Waals surface area (Å²) in [4.78, 5) is 33.1. The molecule has 0 bridgehead atoms. The van der Waals surface area contributed by atoms with Crippen LogP contribution in [0.15, 0.2) is 91.3 Å². The number of hydrogen-bond donors (Lipinski definition) is 1. The summed E-state index contributed by atoms with van der Waals surface area (Å²) in [6, 6.07) is 25.1. The molecule has 1 amide bonds. The van der Waals surface area contributed by atoms with Crippen LogP contribution in [-0.2, 0) is 0 Å². The van der Waals surface area contributed by atoms with E-state index in [1.807, 2.05) is 77.7 Å². The first-order valence-electron chi connectivity index (χ1n) is 13.6. The van der Waals surface area contributed by atoms with E-state index in [2.05, 4.69) is 25.6 Å². The SMILES string of the molecule is O=C1CC2(CCN(C(=O)c3cc(-c4ccccc4)cc(-c4nn[nH]n4)c3)CC2)Oc2ccc(-c3cccnc3)cc21. The lowest BCUT2D eigenvalue weighted by atomic mass is 9.82. The number of ether oxygens (including phenoxy) is 1. The van der Waals surface area contributed by atoms with Gasteiger partial charge in [0.2, 0.25) is 5.82 Å². The molecule has 1 saturated heterocycles. The number of hydrogen-bond acceptors (Lipinski definition) is 7. The molecule has 0 unspecified atom stereocenters. The van der Waals surface area contributed by atoms with Gasteiger partial charge in [-0.1, -0.05) is 42.5 Å². The highest BCUT2D eigenvalue weighted by molar-refractivity contribution is 6.01. The molecule has 7 rings (SSSR count). The number of tetrazole rings is 1. The predicted octanol–water partition coefficient (Wildman–Crippen LogP) is 5.24. The molecular formula is C32H26N6O3. The molecule has 5 aromatic rings. The highest BCUT2D eigenvalue weighted by Crippen LogP contribution is 2.41. The number of fused-ring (bicyclic) bond motifs is 1. The summed E-state index contributed by atoms with van der Waals surface area (Å²) in [5, 5.41) is 14.4. The van der Waals surface area contributed by atoms with Crippen LogP contribution in [0, 0.1) is 0 Å². The van der Waals surface area contributed by atoms with Gasteiger partial charge in [-0.05, 0) is 58.3 Å². The summed E-state index contributed by atoms with van der Waals surface area (Å²) in [6.45, 7) is 0.977. The fourth-order valence-corrected chi connectivity index (χ4v) is 5.75. The third-order valence-electron chi connectivity index (χ3n) is 7.94. The summed E-state index contributed by atoms with van der Waals surface area (Å²) >= 11 is 0. The molecule has 9 nitrogen and oxygen atoms in total. The number of pyridine rings is 1.